The Morgan fingerprint density at radius 1 is 1.25 bits per heavy atom. The van der Waals surface area contributed by atoms with Gasteiger partial charge in [0.1, 0.15) is 0 Å². The maximum Gasteiger partial charge on any atom is 0.0221 e. The number of hydrogen-bond donors (Lipinski definition) is 1. The van der Waals surface area contributed by atoms with Crippen LogP contribution in [0, 0.1) is 0 Å². The molecule has 2 nitrogen and oxygen atoms in total. The Balaban J connectivity index is 2.24. The van der Waals surface area contributed by atoms with E-state index in [0.717, 1.165) is 12.6 Å². The summed E-state index contributed by atoms with van der Waals surface area (Å²) in [5.41, 5.74) is 5.87. The van der Waals surface area contributed by atoms with Crippen molar-refractivity contribution in [1.29, 1.82) is 0 Å². The lowest BCUT2D eigenvalue weighted by Gasteiger charge is -2.39. The fourth-order valence-corrected chi connectivity index (χ4v) is 2.89. The first kappa shape index (κ1) is 14.0. The number of nitrogens with two attached hydrogens (primary N) is 1. The molecule has 1 aliphatic heterocycles. The molecule has 0 aliphatic carbocycles. The molecule has 0 radical (unpaired) electrons. The van der Waals surface area contributed by atoms with Gasteiger partial charge in [-0.05, 0) is 32.7 Å². The van der Waals surface area contributed by atoms with E-state index in [1.807, 2.05) is 0 Å². The van der Waals surface area contributed by atoms with Crippen molar-refractivity contribution < 1.29 is 0 Å². The summed E-state index contributed by atoms with van der Waals surface area (Å²) >= 11 is 0. The maximum atomic E-state index is 5.87. The molecule has 0 amide bonds. The molecule has 16 heavy (non-hydrogen) atoms. The Kier molecular flexibility index (Phi) is 7.06. The average Bonchev–Trinajstić information content (AvgIpc) is 2.34. The predicted octanol–water partition coefficient (Wildman–Crippen LogP) is 3.16. The van der Waals surface area contributed by atoms with Crippen LogP contribution >= 0.6 is 0 Å². The first-order chi connectivity index (χ1) is 7.79. The van der Waals surface area contributed by atoms with E-state index >= 15 is 0 Å². The summed E-state index contributed by atoms with van der Waals surface area (Å²) in [6, 6.07) is 1.40. The monoisotopic (exact) mass is 226 g/mol. The fraction of sp³-hybridized carbons (Fsp3) is 1.00. The van der Waals surface area contributed by atoms with Crippen LogP contribution in [0.15, 0.2) is 0 Å². The number of likely N-dealkylation sites (tertiary alicyclic amines) is 1. The van der Waals surface area contributed by atoms with Crippen molar-refractivity contribution >= 4 is 0 Å². The molecule has 0 spiro atoms. The van der Waals surface area contributed by atoms with Crippen LogP contribution in [0.3, 0.4) is 0 Å². The Bertz CT molecular complexity index is 170. The van der Waals surface area contributed by atoms with E-state index in [1.54, 1.807) is 0 Å². The minimum Gasteiger partial charge on any atom is -0.329 e. The first-order valence-corrected chi connectivity index (χ1v) is 7.25. The third-order valence-corrected chi connectivity index (χ3v) is 3.99. The summed E-state index contributed by atoms with van der Waals surface area (Å²) < 4.78 is 0. The molecular weight excluding hydrogens is 196 g/mol. The number of piperidine rings is 1. The second kappa shape index (κ2) is 8.08. The van der Waals surface area contributed by atoms with Crippen molar-refractivity contribution in [2.24, 2.45) is 5.73 Å². The van der Waals surface area contributed by atoms with Crippen LogP contribution in [0.5, 0.6) is 0 Å². The topological polar surface area (TPSA) is 29.3 Å². The van der Waals surface area contributed by atoms with Crippen LogP contribution in [0.25, 0.3) is 0 Å². The van der Waals surface area contributed by atoms with Gasteiger partial charge in [0.25, 0.3) is 0 Å². The summed E-state index contributed by atoms with van der Waals surface area (Å²) in [6.45, 7) is 6.79. The molecule has 1 heterocycles. The minimum atomic E-state index is 0.662. The molecule has 0 aromatic heterocycles. The highest BCUT2D eigenvalue weighted by Crippen LogP contribution is 2.21. The van der Waals surface area contributed by atoms with Crippen LogP contribution < -0.4 is 5.73 Å². The lowest BCUT2D eigenvalue weighted by molar-refractivity contribution is 0.101. The van der Waals surface area contributed by atoms with Crippen LogP contribution in [-0.4, -0.2) is 30.1 Å². The number of rotatable bonds is 7. The van der Waals surface area contributed by atoms with Gasteiger partial charge in [0.2, 0.25) is 0 Å². The summed E-state index contributed by atoms with van der Waals surface area (Å²) in [6.07, 6.45) is 10.9. The van der Waals surface area contributed by atoms with Gasteiger partial charge in [-0.1, -0.05) is 39.0 Å². The molecule has 2 unspecified atom stereocenters. The second-order valence-corrected chi connectivity index (χ2v) is 5.32. The Morgan fingerprint density at radius 2 is 2.06 bits per heavy atom. The summed E-state index contributed by atoms with van der Waals surface area (Å²) in [5.74, 6) is 0. The van der Waals surface area contributed by atoms with Gasteiger partial charge in [-0.15, -0.1) is 0 Å². The normalized spacial score (nSPS) is 24.6. The Morgan fingerprint density at radius 3 is 2.75 bits per heavy atom. The maximum absolute atomic E-state index is 5.87. The number of hydrogen-bond acceptors (Lipinski definition) is 2. The van der Waals surface area contributed by atoms with E-state index < -0.39 is 0 Å². The van der Waals surface area contributed by atoms with E-state index in [0.29, 0.717) is 6.04 Å². The first-order valence-electron chi connectivity index (χ1n) is 7.25. The van der Waals surface area contributed by atoms with E-state index in [9.17, 15) is 0 Å². The zero-order chi connectivity index (χ0) is 11.8. The molecule has 1 rings (SSSR count). The largest absolute Gasteiger partial charge is 0.329 e. The molecular formula is C14H30N2. The predicted molar refractivity (Wildman–Crippen MR) is 71.6 cm³/mol. The molecule has 0 aromatic rings. The van der Waals surface area contributed by atoms with Crippen molar-refractivity contribution in [2.45, 2.75) is 77.3 Å². The molecule has 1 aliphatic rings. The van der Waals surface area contributed by atoms with Crippen LogP contribution in [0.4, 0.5) is 0 Å². The smallest absolute Gasteiger partial charge is 0.0221 e. The van der Waals surface area contributed by atoms with Crippen molar-refractivity contribution in [1.82, 2.24) is 4.90 Å². The van der Waals surface area contributed by atoms with Gasteiger partial charge in [-0.2, -0.15) is 0 Å². The van der Waals surface area contributed by atoms with E-state index in [-0.39, 0.29) is 0 Å². The number of nitrogens with zero attached hydrogens (tertiary/aromatic N) is 1. The second-order valence-electron chi connectivity index (χ2n) is 5.32. The lowest BCUT2D eigenvalue weighted by atomic mass is 9.98. The van der Waals surface area contributed by atoms with Crippen LogP contribution in [0.2, 0.25) is 0 Å². The van der Waals surface area contributed by atoms with E-state index in [1.165, 1.54) is 57.9 Å². The number of unbranched alkanes of at least 4 members (excludes halogenated alkanes) is 3. The molecule has 1 fully saturated rings. The molecule has 2 heteroatoms. The van der Waals surface area contributed by atoms with Gasteiger partial charge in [-0.25, -0.2) is 0 Å². The quantitative estimate of drug-likeness (QED) is 0.676. The van der Waals surface area contributed by atoms with E-state index in [4.69, 9.17) is 5.73 Å². The van der Waals surface area contributed by atoms with Gasteiger partial charge in [0.05, 0.1) is 0 Å². The van der Waals surface area contributed by atoms with E-state index in [2.05, 4.69) is 18.7 Å². The molecule has 1 saturated heterocycles. The summed E-state index contributed by atoms with van der Waals surface area (Å²) in [5, 5.41) is 0. The summed E-state index contributed by atoms with van der Waals surface area (Å²) in [4.78, 5) is 2.66. The van der Waals surface area contributed by atoms with Crippen molar-refractivity contribution in [3.05, 3.63) is 0 Å². The lowest BCUT2D eigenvalue weighted by Crippen LogP contribution is -2.48. The van der Waals surface area contributed by atoms with Crippen LogP contribution in [0.1, 0.15) is 65.2 Å². The third-order valence-electron chi connectivity index (χ3n) is 3.99. The van der Waals surface area contributed by atoms with Gasteiger partial charge in [-0.3, -0.25) is 4.90 Å². The minimum absolute atomic E-state index is 0.662. The highest BCUT2D eigenvalue weighted by molar-refractivity contribution is 4.81. The SMILES string of the molecule is CCCCCCC(C)N1CCCCC1CN. The molecule has 0 bridgehead atoms. The standard InChI is InChI=1S/C14H30N2/c1-3-4-5-6-9-13(2)16-11-8-7-10-14(16)12-15/h13-14H,3-12,15H2,1-2H3. The van der Waals surface area contributed by atoms with Crippen molar-refractivity contribution in [3.8, 4) is 0 Å². The van der Waals surface area contributed by atoms with Crippen molar-refractivity contribution in [2.75, 3.05) is 13.1 Å². The zero-order valence-corrected chi connectivity index (χ0v) is 11.3. The highest BCUT2D eigenvalue weighted by atomic mass is 15.2. The molecule has 2 atom stereocenters. The average molecular weight is 226 g/mol. The molecule has 2 N–H and O–H groups in total. The highest BCUT2D eigenvalue weighted by Gasteiger charge is 2.24. The fourth-order valence-electron chi connectivity index (χ4n) is 2.89. The molecule has 0 aromatic carbocycles. The third kappa shape index (κ3) is 4.42. The van der Waals surface area contributed by atoms with Gasteiger partial charge >= 0.3 is 0 Å². The molecule has 96 valence electrons. The van der Waals surface area contributed by atoms with Crippen molar-refractivity contribution in [3.63, 3.8) is 0 Å². The van der Waals surface area contributed by atoms with Gasteiger partial charge in [0.15, 0.2) is 0 Å². The van der Waals surface area contributed by atoms with Crippen LogP contribution in [-0.2, 0) is 0 Å². The summed E-state index contributed by atoms with van der Waals surface area (Å²) in [7, 11) is 0. The zero-order valence-electron chi connectivity index (χ0n) is 11.3. The Labute approximate surface area is 102 Å². The molecule has 0 saturated carbocycles. The van der Waals surface area contributed by atoms with Gasteiger partial charge < -0.3 is 5.73 Å². The Hall–Kier alpha value is -0.0800. The van der Waals surface area contributed by atoms with Gasteiger partial charge in [0, 0.05) is 18.6 Å².